The quantitative estimate of drug-likeness (QED) is 0.717. The normalized spacial score (nSPS) is 11.0. The van der Waals surface area contributed by atoms with Gasteiger partial charge in [0, 0.05) is 10.4 Å². The van der Waals surface area contributed by atoms with E-state index >= 15 is 0 Å². The molecule has 3 aromatic rings. The summed E-state index contributed by atoms with van der Waals surface area (Å²) in [6.07, 6.45) is 0. The SMILES string of the molecule is Cc1sc2nc(CSCC(=O)c3ccccc3)[nH]c(=O)c2c1C. The second-order valence-corrected chi connectivity index (χ2v) is 7.45. The van der Waals surface area contributed by atoms with E-state index in [-0.39, 0.29) is 11.3 Å². The number of aryl methyl sites for hydroxylation is 2. The third kappa shape index (κ3) is 3.38. The maximum Gasteiger partial charge on any atom is 0.259 e. The minimum Gasteiger partial charge on any atom is -0.309 e. The second kappa shape index (κ2) is 6.68. The van der Waals surface area contributed by atoms with Crippen molar-refractivity contribution < 1.29 is 4.79 Å². The van der Waals surface area contributed by atoms with Crippen LogP contribution in [0.2, 0.25) is 0 Å². The van der Waals surface area contributed by atoms with Gasteiger partial charge in [0.15, 0.2) is 5.78 Å². The molecule has 4 nitrogen and oxygen atoms in total. The molecule has 118 valence electrons. The van der Waals surface area contributed by atoms with Gasteiger partial charge < -0.3 is 4.98 Å². The Bertz CT molecular complexity index is 913. The van der Waals surface area contributed by atoms with Crippen molar-refractivity contribution in [3.63, 3.8) is 0 Å². The van der Waals surface area contributed by atoms with Gasteiger partial charge in [0.25, 0.3) is 5.56 Å². The molecule has 0 atom stereocenters. The molecule has 0 spiro atoms. The van der Waals surface area contributed by atoms with Crippen LogP contribution in [-0.4, -0.2) is 21.5 Å². The maximum atomic E-state index is 12.2. The van der Waals surface area contributed by atoms with Crippen LogP contribution in [0.1, 0.15) is 26.6 Å². The summed E-state index contributed by atoms with van der Waals surface area (Å²) in [6.45, 7) is 3.94. The Morgan fingerprint density at radius 3 is 2.74 bits per heavy atom. The number of carbonyl (C=O) groups excluding carboxylic acids is 1. The molecular weight excluding hydrogens is 328 g/mol. The Morgan fingerprint density at radius 2 is 2.00 bits per heavy atom. The molecule has 6 heteroatoms. The van der Waals surface area contributed by atoms with Gasteiger partial charge >= 0.3 is 0 Å². The highest BCUT2D eigenvalue weighted by molar-refractivity contribution is 7.99. The molecule has 1 N–H and O–H groups in total. The van der Waals surface area contributed by atoms with Crippen molar-refractivity contribution in [3.8, 4) is 0 Å². The molecule has 0 aliphatic heterocycles. The van der Waals surface area contributed by atoms with E-state index in [1.807, 2.05) is 44.2 Å². The van der Waals surface area contributed by atoms with Gasteiger partial charge in [-0.1, -0.05) is 30.3 Å². The van der Waals surface area contributed by atoms with Gasteiger partial charge in [-0.05, 0) is 19.4 Å². The van der Waals surface area contributed by atoms with E-state index in [1.165, 1.54) is 23.1 Å². The summed E-state index contributed by atoms with van der Waals surface area (Å²) >= 11 is 3.00. The third-order valence-corrected chi connectivity index (χ3v) is 5.70. The van der Waals surface area contributed by atoms with Crippen LogP contribution >= 0.6 is 23.1 Å². The fraction of sp³-hybridized carbons (Fsp3) is 0.235. The molecule has 0 saturated heterocycles. The van der Waals surface area contributed by atoms with E-state index in [0.29, 0.717) is 28.3 Å². The minimum atomic E-state index is -0.0955. The molecule has 0 radical (unpaired) electrons. The van der Waals surface area contributed by atoms with Gasteiger partial charge in [-0.3, -0.25) is 9.59 Å². The minimum absolute atomic E-state index is 0.0850. The zero-order chi connectivity index (χ0) is 16.4. The highest BCUT2D eigenvalue weighted by Gasteiger charge is 2.12. The zero-order valence-corrected chi connectivity index (χ0v) is 14.5. The Kier molecular flexibility index (Phi) is 4.63. The largest absolute Gasteiger partial charge is 0.309 e. The van der Waals surface area contributed by atoms with Gasteiger partial charge in [-0.15, -0.1) is 23.1 Å². The number of ketones is 1. The molecule has 1 aromatic carbocycles. The summed E-state index contributed by atoms with van der Waals surface area (Å²) in [5, 5.41) is 0.682. The van der Waals surface area contributed by atoms with E-state index < -0.39 is 0 Å². The fourth-order valence-corrected chi connectivity index (χ4v) is 4.15. The standard InChI is InChI=1S/C17H16N2O2S2/c1-10-11(2)23-17-15(10)16(21)18-14(19-17)9-22-8-13(20)12-6-4-3-5-7-12/h3-7H,8-9H2,1-2H3,(H,18,19,21). The highest BCUT2D eigenvalue weighted by atomic mass is 32.2. The molecule has 2 aromatic heterocycles. The van der Waals surface area contributed by atoms with Crippen molar-refractivity contribution in [2.24, 2.45) is 0 Å². The summed E-state index contributed by atoms with van der Waals surface area (Å²) in [4.78, 5) is 33.5. The lowest BCUT2D eigenvalue weighted by Crippen LogP contribution is -2.11. The highest BCUT2D eigenvalue weighted by Crippen LogP contribution is 2.26. The Labute approximate surface area is 142 Å². The van der Waals surface area contributed by atoms with Crippen molar-refractivity contribution in [2.45, 2.75) is 19.6 Å². The van der Waals surface area contributed by atoms with Crippen LogP contribution in [0.25, 0.3) is 10.2 Å². The molecule has 0 unspecified atom stereocenters. The van der Waals surface area contributed by atoms with E-state index in [1.54, 1.807) is 0 Å². The molecule has 0 bridgehead atoms. The summed E-state index contributed by atoms with van der Waals surface area (Å²) < 4.78 is 0. The lowest BCUT2D eigenvalue weighted by molar-refractivity contribution is 0.102. The van der Waals surface area contributed by atoms with Crippen LogP contribution in [0, 0.1) is 13.8 Å². The number of aromatic amines is 1. The number of aromatic nitrogens is 2. The number of carbonyl (C=O) groups is 1. The molecule has 0 aliphatic carbocycles. The third-order valence-electron chi connectivity index (χ3n) is 3.66. The van der Waals surface area contributed by atoms with Crippen LogP contribution in [0.4, 0.5) is 0 Å². The first kappa shape index (κ1) is 16.0. The number of fused-ring (bicyclic) bond motifs is 1. The molecule has 23 heavy (non-hydrogen) atoms. The van der Waals surface area contributed by atoms with Crippen LogP contribution in [0.3, 0.4) is 0 Å². The van der Waals surface area contributed by atoms with Crippen molar-refractivity contribution in [1.29, 1.82) is 0 Å². The predicted octanol–water partition coefficient (Wildman–Crippen LogP) is 3.72. The number of H-pyrrole nitrogens is 1. The number of hydrogen-bond donors (Lipinski definition) is 1. The average molecular weight is 344 g/mol. The first-order valence-corrected chi connectivity index (χ1v) is 9.18. The Morgan fingerprint density at radius 1 is 1.26 bits per heavy atom. The number of thiophene rings is 1. The molecule has 3 rings (SSSR count). The number of Topliss-reactive ketones (excluding diaryl/α,β-unsaturated/α-hetero) is 1. The summed E-state index contributed by atoms with van der Waals surface area (Å²) in [5.74, 6) is 1.59. The van der Waals surface area contributed by atoms with Crippen LogP contribution in [0.15, 0.2) is 35.1 Å². The summed E-state index contributed by atoms with van der Waals surface area (Å²) in [7, 11) is 0. The monoisotopic (exact) mass is 344 g/mol. The second-order valence-electron chi connectivity index (χ2n) is 5.26. The van der Waals surface area contributed by atoms with Crippen LogP contribution in [0.5, 0.6) is 0 Å². The van der Waals surface area contributed by atoms with Gasteiger partial charge in [0.1, 0.15) is 10.7 Å². The van der Waals surface area contributed by atoms with E-state index in [0.717, 1.165) is 15.3 Å². The number of thioether (sulfide) groups is 1. The Balaban J connectivity index is 1.70. The number of rotatable bonds is 5. The number of hydrogen-bond acceptors (Lipinski definition) is 5. The van der Waals surface area contributed by atoms with Crippen molar-refractivity contribution >= 4 is 39.1 Å². The van der Waals surface area contributed by atoms with Crippen molar-refractivity contribution in [2.75, 3.05) is 5.75 Å². The van der Waals surface area contributed by atoms with Crippen molar-refractivity contribution in [3.05, 3.63) is 62.5 Å². The first-order chi connectivity index (χ1) is 11.1. The number of nitrogens with zero attached hydrogens (tertiary/aromatic N) is 1. The van der Waals surface area contributed by atoms with E-state index in [2.05, 4.69) is 9.97 Å². The van der Waals surface area contributed by atoms with Gasteiger partial charge in [-0.25, -0.2) is 4.98 Å². The number of benzene rings is 1. The lowest BCUT2D eigenvalue weighted by atomic mass is 10.2. The lowest BCUT2D eigenvalue weighted by Gasteiger charge is -2.02. The average Bonchev–Trinajstić information content (AvgIpc) is 2.83. The maximum absolute atomic E-state index is 12.2. The van der Waals surface area contributed by atoms with Gasteiger partial charge in [0.2, 0.25) is 0 Å². The fourth-order valence-electron chi connectivity index (χ4n) is 2.32. The predicted molar refractivity (Wildman–Crippen MR) is 96.6 cm³/mol. The van der Waals surface area contributed by atoms with E-state index in [9.17, 15) is 9.59 Å². The molecule has 0 saturated carbocycles. The van der Waals surface area contributed by atoms with Crippen LogP contribution in [-0.2, 0) is 5.75 Å². The summed E-state index contributed by atoms with van der Waals surface area (Å²) in [6, 6.07) is 9.22. The van der Waals surface area contributed by atoms with Gasteiger partial charge in [0.05, 0.1) is 16.9 Å². The Hall–Kier alpha value is -1.92. The topological polar surface area (TPSA) is 62.8 Å². The molecule has 0 fully saturated rings. The summed E-state index contributed by atoms with van der Waals surface area (Å²) in [5.41, 5.74) is 1.61. The molecule has 2 heterocycles. The van der Waals surface area contributed by atoms with Gasteiger partial charge in [-0.2, -0.15) is 0 Å². The smallest absolute Gasteiger partial charge is 0.259 e. The number of nitrogens with one attached hydrogen (secondary N) is 1. The van der Waals surface area contributed by atoms with E-state index in [4.69, 9.17) is 0 Å². The molecule has 0 amide bonds. The van der Waals surface area contributed by atoms with Crippen molar-refractivity contribution in [1.82, 2.24) is 9.97 Å². The molecule has 0 aliphatic rings. The first-order valence-electron chi connectivity index (χ1n) is 7.21. The zero-order valence-electron chi connectivity index (χ0n) is 12.9. The van der Waals surface area contributed by atoms with Crippen LogP contribution < -0.4 is 5.56 Å². The molecular formula is C17H16N2O2S2.